The summed E-state index contributed by atoms with van der Waals surface area (Å²) in [6.07, 6.45) is 3.50. The van der Waals surface area contributed by atoms with E-state index in [1.54, 1.807) is 11.1 Å². The highest BCUT2D eigenvalue weighted by Crippen LogP contribution is 2.26. The van der Waals surface area contributed by atoms with Gasteiger partial charge in [-0.05, 0) is 18.2 Å². The molecule has 0 bridgehead atoms. The highest BCUT2D eigenvalue weighted by atomic mass is 19.1. The summed E-state index contributed by atoms with van der Waals surface area (Å²) in [4.78, 5) is 32.6. The van der Waals surface area contributed by atoms with E-state index in [0.717, 1.165) is 5.82 Å². The van der Waals surface area contributed by atoms with E-state index >= 15 is 0 Å². The number of nitrogens with one attached hydrogen (secondary N) is 2. The van der Waals surface area contributed by atoms with Gasteiger partial charge in [-0.2, -0.15) is 0 Å². The lowest BCUT2D eigenvalue weighted by Crippen LogP contribution is -2.49. The molecule has 4 rings (SSSR count). The van der Waals surface area contributed by atoms with Gasteiger partial charge in [0.15, 0.2) is 0 Å². The summed E-state index contributed by atoms with van der Waals surface area (Å²) >= 11 is 0. The molecule has 0 aliphatic carbocycles. The number of imidazole rings is 1. The van der Waals surface area contributed by atoms with Crippen LogP contribution < -0.4 is 15.5 Å². The Morgan fingerprint density at radius 3 is 2.85 bits per heavy atom. The Hall–Kier alpha value is -2.94. The first kappa shape index (κ1) is 17.5. The average molecular weight is 372 g/mol. The molecule has 142 valence electrons. The molecule has 2 aliphatic rings. The number of rotatable bonds is 3. The molecule has 0 radical (unpaired) electrons. The lowest BCUT2D eigenvalue weighted by atomic mass is 10.1. The average Bonchev–Trinajstić information content (AvgIpc) is 3.30. The maximum atomic E-state index is 14.5. The largest absolute Gasteiger partial charge is 0.336 e. The molecule has 3 amide bonds. The zero-order valence-electron chi connectivity index (χ0n) is 15.0. The zero-order valence-corrected chi connectivity index (χ0v) is 15.0. The first-order valence-corrected chi connectivity index (χ1v) is 8.90. The van der Waals surface area contributed by atoms with Crippen molar-refractivity contribution in [2.24, 2.45) is 7.05 Å². The van der Waals surface area contributed by atoms with Crippen LogP contribution in [-0.4, -0.2) is 59.1 Å². The smallest absolute Gasteiger partial charge is 0.321 e. The van der Waals surface area contributed by atoms with Crippen molar-refractivity contribution in [3.8, 4) is 0 Å². The van der Waals surface area contributed by atoms with Gasteiger partial charge < -0.3 is 20.1 Å². The van der Waals surface area contributed by atoms with Gasteiger partial charge in [-0.1, -0.05) is 0 Å². The van der Waals surface area contributed by atoms with Gasteiger partial charge in [0, 0.05) is 57.9 Å². The zero-order chi connectivity index (χ0) is 19.0. The molecule has 27 heavy (non-hydrogen) atoms. The van der Waals surface area contributed by atoms with E-state index in [9.17, 15) is 14.0 Å². The van der Waals surface area contributed by atoms with Crippen molar-refractivity contribution in [3.05, 3.63) is 47.8 Å². The quantitative estimate of drug-likeness (QED) is 0.838. The van der Waals surface area contributed by atoms with Crippen molar-refractivity contribution >= 4 is 17.6 Å². The number of carbonyl (C=O) groups is 2. The van der Waals surface area contributed by atoms with E-state index in [4.69, 9.17) is 0 Å². The topological polar surface area (TPSA) is 82.5 Å². The van der Waals surface area contributed by atoms with Crippen LogP contribution in [0.15, 0.2) is 30.6 Å². The summed E-state index contributed by atoms with van der Waals surface area (Å²) in [5.41, 5.74) is 0.478. The van der Waals surface area contributed by atoms with Crippen LogP contribution in [0.1, 0.15) is 22.2 Å². The van der Waals surface area contributed by atoms with Crippen molar-refractivity contribution in [1.29, 1.82) is 0 Å². The minimum absolute atomic E-state index is 0.0340. The van der Waals surface area contributed by atoms with Crippen LogP contribution in [0.5, 0.6) is 0 Å². The van der Waals surface area contributed by atoms with Crippen LogP contribution >= 0.6 is 0 Å². The molecule has 1 atom stereocenters. The van der Waals surface area contributed by atoms with Crippen molar-refractivity contribution in [2.45, 2.75) is 6.04 Å². The van der Waals surface area contributed by atoms with Crippen LogP contribution in [-0.2, 0) is 7.05 Å². The fraction of sp³-hybridized carbons (Fsp3) is 0.389. The molecule has 3 heterocycles. The summed E-state index contributed by atoms with van der Waals surface area (Å²) in [7, 11) is 1.87. The number of anilines is 1. The molecule has 2 N–H and O–H groups in total. The molecule has 2 aromatic rings. The maximum Gasteiger partial charge on any atom is 0.321 e. The van der Waals surface area contributed by atoms with Crippen molar-refractivity contribution < 1.29 is 14.0 Å². The van der Waals surface area contributed by atoms with Gasteiger partial charge in [-0.25, -0.2) is 14.2 Å². The van der Waals surface area contributed by atoms with E-state index in [-0.39, 0.29) is 17.6 Å². The number of halogens is 1. The van der Waals surface area contributed by atoms with Gasteiger partial charge in [0.1, 0.15) is 17.7 Å². The molecule has 0 spiro atoms. The molecule has 9 heteroatoms. The van der Waals surface area contributed by atoms with Crippen molar-refractivity contribution in [1.82, 2.24) is 25.1 Å². The molecular formula is C18H21FN6O2. The fourth-order valence-corrected chi connectivity index (χ4v) is 3.59. The molecule has 1 aromatic heterocycles. The van der Waals surface area contributed by atoms with Crippen LogP contribution in [0.2, 0.25) is 0 Å². The molecule has 1 unspecified atom stereocenters. The van der Waals surface area contributed by atoms with Crippen molar-refractivity contribution in [3.63, 3.8) is 0 Å². The Morgan fingerprint density at radius 2 is 2.15 bits per heavy atom. The number of hydrogen-bond donors (Lipinski definition) is 2. The predicted molar refractivity (Wildman–Crippen MR) is 97.0 cm³/mol. The highest BCUT2D eigenvalue weighted by Gasteiger charge is 2.33. The summed E-state index contributed by atoms with van der Waals surface area (Å²) in [5.74, 6) is -0.255. The van der Waals surface area contributed by atoms with E-state index in [1.807, 2.05) is 17.8 Å². The van der Waals surface area contributed by atoms with Gasteiger partial charge >= 0.3 is 6.03 Å². The Kier molecular flexibility index (Phi) is 4.53. The summed E-state index contributed by atoms with van der Waals surface area (Å²) in [6.45, 7) is 2.64. The first-order valence-electron chi connectivity index (χ1n) is 8.90. The van der Waals surface area contributed by atoms with Gasteiger partial charge in [-0.3, -0.25) is 9.69 Å². The van der Waals surface area contributed by atoms with Gasteiger partial charge in [0.25, 0.3) is 5.91 Å². The second-order valence-corrected chi connectivity index (χ2v) is 6.66. The van der Waals surface area contributed by atoms with E-state index in [0.29, 0.717) is 38.4 Å². The van der Waals surface area contributed by atoms with Crippen LogP contribution in [0.4, 0.5) is 14.9 Å². The number of benzene rings is 1. The van der Waals surface area contributed by atoms with Crippen LogP contribution in [0, 0.1) is 5.82 Å². The predicted octanol–water partition coefficient (Wildman–Crippen LogP) is 0.876. The van der Waals surface area contributed by atoms with E-state index in [1.165, 1.54) is 23.1 Å². The van der Waals surface area contributed by atoms with Crippen molar-refractivity contribution in [2.75, 3.05) is 37.6 Å². The monoisotopic (exact) mass is 372 g/mol. The second-order valence-electron chi connectivity index (χ2n) is 6.66. The van der Waals surface area contributed by atoms with Gasteiger partial charge in [0.2, 0.25) is 0 Å². The number of carbonyl (C=O) groups excluding carboxylic acids is 2. The summed E-state index contributed by atoms with van der Waals surface area (Å²) in [6, 6.07) is 3.69. The minimum atomic E-state index is -0.597. The highest BCUT2D eigenvalue weighted by molar-refractivity contribution is 5.98. The Morgan fingerprint density at radius 1 is 1.30 bits per heavy atom. The molecular weight excluding hydrogens is 351 g/mol. The van der Waals surface area contributed by atoms with Gasteiger partial charge in [0.05, 0.1) is 5.56 Å². The SMILES string of the molecule is Cn1ccnc1C1CNCCN1C(=O)c1cc(N2CCNC2=O)ccc1F. The van der Waals surface area contributed by atoms with Gasteiger partial charge in [-0.15, -0.1) is 0 Å². The lowest BCUT2D eigenvalue weighted by Gasteiger charge is -2.36. The Balaban J connectivity index is 1.66. The lowest BCUT2D eigenvalue weighted by molar-refractivity contribution is 0.0616. The summed E-state index contributed by atoms with van der Waals surface area (Å²) in [5, 5.41) is 5.97. The molecule has 2 fully saturated rings. The van der Waals surface area contributed by atoms with Crippen LogP contribution in [0.25, 0.3) is 0 Å². The van der Waals surface area contributed by atoms with E-state index in [2.05, 4.69) is 15.6 Å². The summed E-state index contributed by atoms with van der Waals surface area (Å²) < 4.78 is 16.4. The Labute approximate surface area is 156 Å². The minimum Gasteiger partial charge on any atom is -0.336 e. The number of hydrogen-bond acceptors (Lipinski definition) is 4. The third-order valence-electron chi connectivity index (χ3n) is 5.01. The standard InChI is InChI=1S/C18H21FN6O2/c1-23-7-5-21-16(23)15-11-20-4-8-25(15)17(26)13-10-12(2-3-14(13)19)24-9-6-22-18(24)27/h2-3,5,7,10,15,20H,4,6,8-9,11H2,1H3,(H,22,27). The number of piperazine rings is 1. The third-order valence-corrected chi connectivity index (χ3v) is 5.01. The Bertz CT molecular complexity index is 882. The fourth-order valence-electron chi connectivity index (χ4n) is 3.59. The number of nitrogens with zero attached hydrogens (tertiary/aromatic N) is 4. The third kappa shape index (κ3) is 3.14. The number of amides is 3. The molecule has 8 nitrogen and oxygen atoms in total. The number of aromatic nitrogens is 2. The second kappa shape index (κ2) is 6.99. The number of aryl methyl sites for hydroxylation is 1. The normalized spacial score (nSPS) is 20.1. The molecule has 1 aromatic carbocycles. The molecule has 2 aliphatic heterocycles. The van der Waals surface area contributed by atoms with E-state index < -0.39 is 11.7 Å². The van der Waals surface area contributed by atoms with Crippen LogP contribution in [0.3, 0.4) is 0 Å². The molecule has 0 saturated carbocycles. The molecule has 2 saturated heterocycles. The first-order chi connectivity index (χ1) is 13.1. The number of urea groups is 1. The maximum absolute atomic E-state index is 14.5.